The summed E-state index contributed by atoms with van der Waals surface area (Å²) in [4.78, 5) is 11.9. The molecular formula is C14H20O6. The van der Waals surface area contributed by atoms with Crippen LogP contribution in [0.5, 0.6) is 17.2 Å². The fraction of sp³-hybridized carbons (Fsp3) is 0.500. The maximum Gasteiger partial charge on any atom is 0.342 e. The molecule has 0 saturated heterocycles. The molecule has 1 aromatic carbocycles. The Balaban J connectivity index is 3.14. The Bertz CT molecular complexity index is 444. The summed E-state index contributed by atoms with van der Waals surface area (Å²) < 4.78 is 26.0. The Morgan fingerprint density at radius 2 is 1.80 bits per heavy atom. The van der Waals surface area contributed by atoms with Crippen LogP contribution in [-0.2, 0) is 9.47 Å². The van der Waals surface area contributed by atoms with Crippen molar-refractivity contribution < 1.29 is 28.5 Å². The van der Waals surface area contributed by atoms with Crippen LogP contribution in [0.4, 0.5) is 0 Å². The van der Waals surface area contributed by atoms with E-state index >= 15 is 0 Å². The molecule has 0 saturated carbocycles. The van der Waals surface area contributed by atoms with Gasteiger partial charge >= 0.3 is 5.97 Å². The summed E-state index contributed by atoms with van der Waals surface area (Å²) in [5.41, 5.74) is 0.294. The second kappa shape index (κ2) is 8.27. The van der Waals surface area contributed by atoms with Gasteiger partial charge in [0.05, 0.1) is 27.4 Å². The summed E-state index contributed by atoms with van der Waals surface area (Å²) in [6.45, 7) is 2.75. The first kappa shape index (κ1) is 16.1. The second-order valence-corrected chi connectivity index (χ2v) is 3.74. The van der Waals surface area contributed by atoms with Gasteiger partial charge in [0.25, 0.3) is 0 Å². The van der Waals surface area contributed by atoms with Crippen molar-refractivity contribution in [1.29, 1.82) is 0 Å². The topological polar surface area (TPSA) is 63.2 Å². The number of benzene rings is 1. The number of esters is 1. The lowest BCUT2D eigenvalue weighted by atomic mass is 10.1. The third-order valence-electron chi connectivity index (χ3n) is 2.53. The van der Waals surface area contributed by atoms with Gasteiger partial charge in [0, 0.05) is 7.11 Å². The van der Waals surface area contributed by atoms with Crippen molar-refractivity contribution in [3.63, 3.8) is 0 Å². The molecule has 0 fully saturated rings. The highest BCUT2D eigenvalue weighted by atomic mass is 16.6. The van der Waals surface area contributed by atoms with Crippen molar-refractivity contribution in [3.8, 4) is 17.2 Å². The van der Waals surface area contributed by atoms with Gasteiger partial charge in [-0.25, -0.2) is 4.79 Å². The van der Waals surface area contributed by atoms with Crippen molar-refractivity contribution in [3.05, 3.63) is 17.7 Å². The molecule has 20 heavy (non-hydrogen) atoms. The minimum Gasteiger partial charge on any atom is -0.493 e. The Morgan fingerprint density at radius 3 is 2.35 bits per heavy atom. The van der Waals surface area contributed by atoms with Gasteiger partial charge in [-0.1, -0.05) is 0 Å². The highest BCUT2D eigenvalue weighted by molar-refractivity contribution is 5.94. The number of methoxy groups -OCH3 is 3. The van der Waals surface area contributed by atoms with Gasteiger partial charge in [-0.15, -0.1) is 0 Å². The quantitative estimate of drug-likeness (QED) is 0.536. The molecule has 6 heteroatoms. The molecule has 1 aromatic rings. The SMILES string of the molecule is CCOC(=O)c1ccc(OC)c(OCCOC)c1OC. The van der Waals surface area contributed by atoms with Crippen molar-refractivity contribution in [2.75, 3.05) is 41.2 Å². The summed E-state index contributed by atoms with van der Waals surface area (Å²) in [5, 5.41) is 0. The van der Waals surface area contributed by atoms with Crippen LogP contribution >= 0.6 is 0 Å². The Hall–Kier alpha value is -1.95. The van der Waals surface area contributed by atoms with E-state index in [2.05, 4.69) is 0 Å². The molecule has 112 valence electrons. The highest BCUT2D eigenvalue weighted by Gasteiger charge is 2.21. The van der Waals surface area contributed by atoms with Crippen molar-refractivity contribution in [2.45, 2.75) is 6.92 Å². The van der Waals surface area contributed by atoms with E-state index in [4.69, 9.17) is 23.7 Å². The van der Waals surface area contributed by atoms with Crippen LogP contribution in [0, 0.1) is 0 Å². The average Bonchev–Trinajstić information content (AvgIpc) is 2.47. The van der Waals surface area contributed by atoms with E-state index < -0.39 is 5.97 Å². The molecule has 0 aliphatic carbocycles. The first-order valence-corrected chi connectivity index (χ1v) is 6.23. The van der Waals surface area contributed by atoms with Crippen molar-refractivity contribution >= 4 is 5.97 Å². The van der Waals surface area contributed by atoms with Crippen LogP contribution < -0.4 is 14.2 Å². The molecule has 0 aromatic heterocycles. The van der Waals surface area contributed by atoms with E-state index in [1.54, 1.807) is 26.2 Å². The zero-order valence-electron chi connectivity index (χ0n) is 12.2. The molecule has 0 heterocycles. The molecule has 6 nitrogen and oxygen atoms in total. The summed E-state index contributed by atoms with van der Waals surface area (Å²) >= 11 is 0. The molecule has 0 aliphatic heterocycles. The molecule has 0 atom stereocenters. The normalized spacial score (nSPS) is 10.0. The number of carbonyl (C=O) groups excluding carboxylic acids is 1. The Kier molecular flexibility index (Phi) is 6.66. The van der Waals surface area contributed by atoms with Crippen molar-refractivity contribution in [2.24, 2.45) is 0 Å². The van der Waals surface area contributed by atoms with Crippen LogP contribution in [0.15, 0.2) is 12.1 Å². The Morgan fingerprint density at radius 1 is 1.05 bits per heavy atom. The maximum atomic E-state index is 11.9. The lowest BCUT2D eigenvalue weighted by Gasteiger charge is -2.16. The van der Waals surface area contributed by atoms with Gasteiger partial charge < -0.3 is 23.7 Å². The third-order valence-corrected chi connectivity index (χ3v) is 2.53. The number of ether oxygens (including phenoxy) is 5. The smallest absolute Gasteiger partial charge is 0.342 e. The zero-order valence-corrected chi connectivity index (χ0v) is 12.2. The van der Waals surface area contributed by atoms with Gasteiger partial charge in [0.15, 0.2) is 11.5 Å². The number of hydrogen-bond acceptors (Lipinski definition) is 6. The zero-order chi connectivity index (χ0) is 15.0. The largest absolute Gasteiger partial charge is 0.493 e. The molecule has 0 spiro atoms. The maximum absolute atomic E-state index is 11.9. The fourth-order valence-corrected chi connectivity index (χ4v) is 1.64. The predicted octanol–water partition coefficient (Wildman–Crippen LogP) is 1.91. The van der Waals surface area contributed by atoms with Crippen LogP contribution in [-0.4, -0.2) is 47.1 Å². The monoisotopic (exact) mass is 284 g/mol. The van der Waals surface area contributed by atoms with E-state index in [1.165, 1.54) is 14.2 Å². The van der Waals surface area contributed by atoms with Gasteiger partial charge in [-0.05, 0) is 19.1 Å². The molecule has 0 unspecified atom stereocenters. The fourth-order valence-electron chi connectivity index (χ4n) is 1.64. The van der Waals surface area contributed by atoms with E-state index in [1.807, 2.05) is 0 Å². The van der Waals surface area contributed by atoms with E-state index in [-0.39, 0.29) is 6.61 Å². The molecule has 0 radical (unpaired) electrons. The number of carbonyl (C=O) groups is 1. The third kappa shape index (κ3) is 3.77. The first-order chi connectivity index (χ1) is 9.69. The van der Waals surface area contributed by atoms with Gasteiger partial charge in [0.2, 0.25) is 5.75 Å². The minimum atomic E-state index is -0.469. The second-order valence-electron chi connectivity index (χ2n) is 3.74. The first-order valence-electron chi connectivity index (χ1n) is 6.23. The summed E-state index contributed by atoms with van der Waals surface area (Å²) in [5.74, 6) is 0.658. The van der Waals surface area contributed by atoms with Gasteiger partial charge in [-0.3, -0.25) is 0 Å². The molecular weight excluding hydrogens is 264 g/mol. The number of rotatable bonds is 8. The number of hydrogen-bond donors (Lipinski definition) is 0. The molecule has 0 N–H and O–H groups in total. The molecule has 0 aliphatic rings. The highest BCUT2D eigenvalue weighted by Crippen LogP contribution is 2.40. The molecule has 0 amide bonds. The summed E-state index contributed by atoms with van der Waals surface area (Å²) in [6.07, 6.45) is 0. The summed E-state index contributed by atoms with van der Waals surface area (Å²) in [7, 11) is 4.55. The minimum absolute atomic E-state index is 0.286. The van der Waals surface area contributed by atoms with E-state index in [0.29, 0.717) is 36.0 Å². The molecule has 1 rings (SSSR count). The van der Waals surface area contributed by atoms with Crippen LogP contribution in [0.25, 0.3) is 0 Å². The lowest BCUT2D eigenvalue weighted by molar-refractivity contribution is 0.0521. The standard InChI is InChI=1S/C14H20O6/c1-5-19-14(15)10-6-7-11(17-3)13(12(10)18-4)20-9-8-16-2/h6-7H,5,8-9H2,1-4H3. The van der Waals surface area contributed by atoms with Gasteiger partial charge in [0.1, 0.15) is 12.2 Å². The van der Waals surface area contributed by atoms with E-state index in [9.17, 15) is 4.79 Å². The van der Waals surface area contributed by atoms with Crippen LogP contribution in [0.3, 0.4) is 0 Å². The average molecular weight is 284 g/mol. The Labute approximate surface area is 118 Å². The van der Waals surface area contributed by atoms with Gasteiger partial charge in [-0.2, -0.15) is 0 Å². The lowest BCUT2D eigenvalue weighted by Crippen LogP contribution is -2.11. The van der Waals surface area contributed by atoms with Crippen LogP contribution in [0.2, 0.25) is 0 Å². The van der Waals surface area contributed by atoms with Crippen molar-refractivity contribution in [1.82, 2.24) is 0 Å². The molecule has 0 bridgehead atoms. The van der Waals surface area contributed by atoms with Crippen LogP contribution in [0.1, 0.15) is 17.3 Å². The van der Waals surface area contributed by atoms with E-state index in [0.717, 1.165) is 0 Å². The summed E-state index contributed by atoms with van der Waals surface area (Å²) in [6, 6.07) is 3.22. The predicted molar refractivity (Wildman–Crippen MR) is 72.9 cm³/mol.